The summed E-state index contributed by atoms with van der Waals surface area (Å²) in [6.45, 7) is 10.2. The molecule has 4 nitrogen and oxygen atoms in total. The molecule has 2 atom stereocenters. The third kappa shape index (κ3) is 3.67. The molecule has 3 rings (SSSR count). The van der Waals surface area contributed by atoms with Crippen molar-refractivity contribution in [1.82, 2.24) is 4.90 Å². The Morgan fingerprint density at radius 1 is 1.40 bits per heavy atom. The van der Waals surface area contributed by atoms with Gasteiger partial charge in [-0.15, -0.1) is 11.3 Å². The predicted octanol–water partition coefficient (Wildman–Crippen LogP) is 4.82. The molecule has 5 heteroatoms. The van der Waals surface area contributed by atoms with Gasteiger partial charge < -0.3 is 14.7 Å². The van der Waals surface area contributed by atoms with Crippen molar-refractivity contribution in [2.45, 2.75) is 64.7 Å². The fourth-order valence-electron chi connectivity index (χ4n) is 3.53. The number of piperidine rings is 1. The van der Waals surface area contributed by atoms with Crippen LogP contribution in [0.15, 0.2) is 23.6 Å². The lowest BCUT2D eigenvalue weighted by atomic mass is 9.81. The summed E-state index contributed by atoms with van der Waals surface area (Å²) in [7, 11) is 0. The summed E-state index contributed by atoms with van der Waals surface area (Å²) in [6.07, 6.45) is 0.734. The summed E-state index contributed by atoms with van der Waals surface area (Å²) in [5.41, 5.74) is 0.772. The molecule has 1 aliphatic rings. The van der Waals surface area contributed by atoms with E-state index in [-0.39, 0.29) is 12.1 Å². The van der Waals surface area contributed by atoms with Crippen molar-refractivity contribution in [3.8, 4) is 0 Å². The van der Waals surface area contributed by atoms with Gasteiger partial charge in [0.2, 0.25) is 0 Å². The molecule has 1 aliphatic heterocycles. The van der Waals surface area contributed by atoms with Crippen LogP contribution in [-0.2, 0) is 10.3 Å². The quantitative estimate of drug-likeness (QED) is 0.792. The number of rotatable bonds is 1. The summed E-state index contributed by atoms with van der Waals surface area (Å²) in [5.74, 6) is 0. The van der Waals surface area contributed by atoms with Crippen molar-refractivity contribution >= 4 is 27.5 Å². The molecule has 1 saturated heterocycles. The molecule has 2 heterocycles. The maximum Gasteiger partial charge on any atom is 0.410 e. The molecule has 1 amide bonds. The second-order valence-corrected chi connectivity index (χ2v) is 9.05. The van der Waals surface area contributed by atoms with E-state index < -0.39 is 11.2 Å². The number of carbonyl (C=O) groups excluding carboxylic acids is 1. The number of hydrogen-bond acceptors (Lipinski definition) is 4. The molecule has 0 saturated carbocycles. The number of amides is 1. The van der Waals surface area contributed by atoms with Crippen LogP contribution in [0, 0.1) is 6.92 Å². The Hall–Kier alpha value is -1.59. The third-order valence-corrected chi connectivity index (χ3v) is 5.95. The van der Waals surface area contributed by atoms with Crippen LogP contribution in [0.4, 0.5) is 4.79 Å². The average molecular weight is 362 g/mol. The first-order valence-corrected chi connectivity index (χ1v) is 9.67. The Morgan fingerprint density at radius 2 is 2.12 bits per heavy atom. The standard InChI is InChI=1S/C20H27NO3S/c1-13-12-25-17-7-6-15(10-16(13)17)20(23)8-9-21(14(2)11-20)18(22)24-19(3,4)5/h6-7,10,12,14,23H,8-9,11H2,1-5H3. The maximum atomic E-state index is 12.4. The van der Waals surface area contributed by atoms with Crippen molar-refractivity contribution < 1.29 is 14.6 Å². The van der Waals surface area contributed by atoms with Crippen molar-refractivity contribution in [2.24, 2.45) is 0 Å². The normalized spacial score (nSPS) is 24.6. The Balaban J connectivity index is 1.80. The topological polar surface area (TPSA) is 49.8 Å². The number of thiophene rings is 1. The first-order valence-electron chi connectivity index (χ1n) is 8.79. The lowest BCUT2D eigenvalue weighted by Crippen LogP contribution is -2.51. The average Bonchev–Trinajstić information content (AvgIpc) is 2.86. The number of likely N-dealkylation sites (tertiary alicyclic amines) is 1. The smallest absolute Gasteiger partial charge is 0.410 e. The Labute approximate surface area is 153 Å². The van der Waals surface area contributed by atoms with Crippen LogP contribution in [0.1, 0.15) is 51.7 Å². The monoisotopic (exact) mass is 361 g/mol. The first-order chi connectivity index (χ1) is 11.6. The van der Waals surface area contributed by atoms with Gasteiger partial charge in [-0.2, -0.15) is 0 Å². The van der Waals surface area contributed by atoms with Gasteiger partial charge in [-0.1, -0.05) is 6.07 Å². The largest absolute Gasteiger partial charge is 0.444 e. The predicted molar refractivity (Wildman–Crippen MR) is 102 cm³/mol. The van der Waals surface area contributed by atoms with E-state index in [1.54, 1.807) is 16.2 Å². The maximum absolute atomic E-state index is 12.4. The zero-order valence-electron chi connectivity index (χ0n) is 15.6. The lowest BCUT2D eigenvalue weighted by molar-refractivity contribution is -0.0545. The van der Waals surface area contributed by atoms with Gasteiger partial charge in [0.05, 0.1) is 5.60 Å². The summed E-state index contributed by atoms with van der Waals surface area (Å²) < 4.78 is 6.73. The molecular weight excluding hydrogens is 334 g/mol. The molecule has 0 spiro atoms. The van der Waals surface area contributed by atoms with Crippen molar-refractivity contribution in [2.75, 3.05) is 6.54 Å². The lowest BCUT2D eigenvalue weighted by Gasteiger charge is -2.43. The van der Waals surface area contributed by atoms with Gasteiger partial charge in [0, 0.05) is 23.7 Å². The highest BCUT2D eigenvalue weighted by Gasteiger charge is 2.40. The zero-order chi connectivity index (χ0) is 18.4. The second kappa shape index (κ2) is 6.29. The van der Waals surface area contributed by atoms with Crippen LogP contribution in [0.2, 0.25) is 0 Å². The van der Waals surface area contributed by atoms with Crippen LogP contribution < -0.4 is 0 Å². The number of ether oxygens (including phenoxy) is 1. The van der Waals surface area contributed by atoms with Gasteiger partial charge in [-0.3, -0.25) is 0 Å². The van der Waals surface area contributed by atoms with Crippen LogP contribution in [-0.4, -0.2) is 34.3 Å². The van der Waals surface area contributed by atoms with Crippen LogP contribution in [0.5, 0.6) is 0 Å². The highest BCUT2D eigenvalue weighted by molar-refractivity contribution is 7.17. The minimum absolute atomic E-state index is 0.0760. The molecular formula is C20H27NO3S. The van der Waals surface area contributed by atoms with Crippen LogP contribution in [0.25, 0.3) is 10.1 Å². The van der Waals surface area contributed by atoms with Crippen LogP contribution >= 0.6 is 11.3 Å². The Morgan fingerprint density at radius 3 is 2.76 bits per heavy atom. The number of fused-ring (bicyclic) bond motifs is 1. The fourth-order valence-corrected chi connectivity index (χ4v) is 4.45. The molecule has 25 heavy (non-hydrogen) atoms. The number of hydrogen-bond donors (Lipinski definition) is 1. The van der Waals surface area contributed by atoms with Gasteiger partial charge in [-0.05, 0) is 75.1 Å². The van der Waals surface area contributed by atoms with Gasteiger partial charge in [0.15, 0.2) is 0 Å². The highest BCUT2D eigenvalue weighted by Crippen LogP contribution is 2.38. The summed E-state index contributed by atoms with van der Waals surface area (Å²) in [6, 6.07) is 6.14. The number of benzene rings is 1. The summed E-state index contributed by atoms with van der Waals surface area (Å²) in [5, 5.41) is 14.6. The van der Waals surface area contributed by atoms with E-state index in [4.69, 9.17) is 4.74 Å². The van der Waals surface area contributed by atoms with E-state index in [9.17, 15) is 9.90 Å². The minimum Gasteiger partial charge on any atom is -0.444 e. The number of aliphatic hydroxyl groups is 1. The summed E-state index contributed by atoms with van der Waals surface area (Å²) >= 11 is 1.73. The minimum atomic E-state index is -0.902. The number of nitrogens with zero attached hydrogens (tertiary/aromatic N) is 1. The Bertz CT molecular complexity index is 792. The molecule has 1 aromatic carbocycles. The Kier molecular flexibility index (Phi) is 4.58. The molecule has 1 aromatic heterocycles. The number of carbonyl (C=O) groups is 1. The molecule has 136 valence electrons. The molecule has 1 N–H and O–H groups in total. The molecule has 0 bridgehead atoms. The van der Waals surface area contributed by atoms with E-state index >= 15 is 0 Å². The van der Waals surface area contributed by atoms with Gasteiger partial charge in [0.25, 0.3) is 0 Å². The first kappa shape index (κ1) is 18.2. The fraction of sp³-hybridized carbons (Fsp3) is 0.550. The zero-order valence-corrected chi connectivity index (χ0v) is 16.4. The van der Waals surface area contributed by atoms with E-state index in [0.29, 0.717) is 19.4 Å². The molecule has 0 aliphatic carbocycles. The van der Waals surface area contributed by atoms with E-state index in [1.807, 2.05) is 33.8 Å². The van der Waals surface area contributed by atoms with Crippen molar-refractivity contribution in [1.29, 1.82) is 0 Å². The van der Waals surface area contributed by atoms with E-state index in [1.165, 1.54) is 15.6 Å². The molecule has 1 fully saturated rings. The molecule has 2 unspecified atom stereocenters. The summed E-state index contributed by atoms with van der Waals surface area (Å²) in [4.78, 5) is 14.1. The molecule has 0 radical (unpaired) electrons. The molecule has 2 aromatic rings. The van der Waals surface area contributed by atoms with E-state index in [2.05, 4.69) is 24.4 Å². The van der Waals surface area contributed by atoms with E-state index in [0.717, 1.165) is 5.56 Å². The van der Waals surface area contributed by atoms with Crippen LogP contribution in [0.3, 0.4) is 0 Å². The van der Waals surface area contributed by atoms with Gasteiger partial charge in [0.1, 0.15) is 5.60 Å². The SMILES string of the molecule is Cc1csc2ccc(C3(O)CCN(C(=O)OC(C)(C)C)C(C)C3)cc12. The van der Waals surface area contributed by atoms with Crippen molar-refractivity contribution in [3.05, 3.63) is 34.7 Å². The van der Waals surface area contributed by atoms with Gasteiger partial charge in [-0.25, -0.2) is 4.79 Å². The van der Waals surface area contributed by atoms with Crippen molar-refractivity contribution in [3.63, 3.8) is 0 Å². The highest BCUT2D eigenvalue weighted by atomic mass is 32.1. The second-order valence-electron chi connectivity index (χ2n) is 8.14. The number of aryl methyl sites for hydroxylation is 1. The van der Waals surface area contributed by atoms with Gasteiger partial charge >= 0.3 is 6.09 Å². The third-order valence-electron chi connectivity index (χ3n) is 4.86.